The first kappa shape index (κ1) is 16.1. The van der Waals surface area contributed by atoms with Crippen molar-refractivity contribution in [1.82, 2.24) is 0 Å². The summed E-state index contributed by atoms with van der Waals surface area (Å²) in [7, 11) is 0. The van der Waals surface area contributed by atoms with Gasteiger partial charge in [0, 0.05) is 5.69 Å². The van der Waals surface area contributed by atoms with Crippen LogP contribution >= 0.6 is 0 Å². The van der Waals surface area contributed by atoms with Gasteiger partial charge in [0.15, 0.2) is 0 Å². The normalized spacial score (nSPS) is 11.9. The molecule has 3 nitrogen and oxygen atoms in total. The smallest absolute Gasteiger partial charge is 0.326 e. The summed E-state index contributed by atoms with van der Waals surface area (Å²) in [6.07, 6.45) is 3.34. The molecule has 2 N–H and O–H groups in total. The Morgan fingerprint density at radius 2 is 1.77 bits per heavy atom. The molecule has 0 radical (unpaired) electrons. The van der Waals surface area contributed by atoms with Crippen LogP contribution in [0.1, 0.15) is 37.3 Å². The third-order valence-corrected chi connectivity index (χ3v) is 3.73. The molecule has 0 aliphatic carbocycles. The summed E-state index contributed by atoms with van der Waals surface area (Å²) in [4.78, 5) is 11.4. The highest BCUT2D eigenvalue weighted by atomic mass is 16.4. The van der Waals surface area contributed by atoms with E-state index in [4.69, 9.17) is 0 Å². The number of rotatable bonds is 8. The molecule has 0 amide bonds. The van der Waals surface area contributed by atoms with E-state index in [-0.39, 0.29) is 0 Å². The van der Waals surface area contributed by atoms with Crippen molar-refractivity contribution in [1.29, 1.82) is 0 Å². The number of hydrogen-bond acceptors (Lipinski definition) is 2. The van der Waals surface area contributed by atoms with Crippen LogP contribution in [0.25, 0.3) is 0 Å². The monoisotopic (exact) mass is 297 g/mol. The number of aliphatic carboxylic acids is 1. The Bertz CT molecular complexity index is 595. The Morgan fingerprint density at radius 3 is 2.45 bits per heavy atom. The molecule has 3 heteroatoms. The van der Waals surface area contributed by atoms with Gasteiger partial charge in [-0.3, -0.25) is 0 Å². The van der Waals surface area contributed by atoms with Gasteiger partial charge in [-0.25, -0.2) is 4.79 Å². The molecule has 0 aliphatic rings. The lowest BCUT2D eigenvalue weighted by Gasteiger charge is -2.18. The van der Waals surface area contributed by atoms with Gasteiger partial charge in [0.1, 0.15) is 6.04 Å². The Hall–Kier alpha value is -2.29. The van der Waals surface area contributed by atoms with Crippen LogP contribution in [0.3, 0.4) is 0 Å². The van der Waals surface area contributed by atoms with Gasteiger partial charge in [-0.15, -0.1) is 0 Å². The van der Waals surface area contributed by atoms with E-state index < -0.39 is 12.0 Å². The van der Waals surface area contributed by atoms with E-state index >= 15 is 0 Å². The summed E-state index contributed by atoms with van der Waals surface area (Å²) in [5.74, 6) is -0.789. The van der Waals surface area contributed by atoms with Gasteiger partial charge in [-0.05, 0) is 30.0 Å². The highest BCUT2D eigenvalue weighted by Gasteiger charge is 2.17. The Balaban J connectivity index is 2.15. The molecule has 2 aromatic rings. The second-order valence-electron chi connectivity index (χ2n) is 5.50. The Labute approximate surface area is 132 Å². The van der Waals surface area contributed by atoms with Crippen LogP contribution in [0, 0.1) is 0 Å². The zero-order valence-corrected chi connectivity index (χ0v) is 13.0. The molecular weight excluding hydrogens is 274 g/mol. The molecule has 0 bridgehead atoms. The molecule has 116 valence electrons. The average Bonchev–Trinajstić information content (AvgIpc) is 2.53. The first-order chi connectivity index (χ1) is 10.7. The maximum atomic E-state index is 11.4. The van der Waals surface area contributed by atoms with Crippen LogP contribution in [0.4, 0.5) is 5.69 Å². The predicted octanol–water partition coefficient (Wildman–Crippen LogP) is 4.33. The summed E-state index contributed by atoms with van der Waals surface area (Å²) in [5, 5.41) is 12.6. The largest absolute Gasteiger partial charge is 0.480 e. The van der Waals surface area contributed by atoms with Crippen molar-refractivity contribution < 1.29 is 9.90 Å². The fourth-order valence-electron chi connectivity index (χ4n) is 2.48. The summed E-state index contributed by atoms with van der Waals surface area (Å²) in [6, 6.07) is 17.6. The molecule has 0 aromatic heterocycles. The summed E-state index contributed by atoms with van der Waals surface area (Å²) in [6.45, 7) is 2.07. The molecule has 0 saturated carbocycles. The van der Waals surface area contributed by atoms with Crippen molar-refractivity contribution in [2.45, 2.75) is 38.6 Å². The summed E-state index contributed by atoms with van der Waals surface area (Å²) < 4.78 is 0. The second-order valence-corrected chi connectivity index (χ2v) is 5.50. The lowest BCUT2D eigenvalue weighted by atomic mass is 10.0. The van der Waals surface area contributed by atoms with Crippen molar-refractivity contribution >= 4 is 11.7 Å². The first-order valence-electron chi connectivity index (χ1n) is 7.82. The van der Waals surface area contributed by atoms with Gasteiger partial charge in [-0.2, -0.15) is 0 Å². The first-order valence-corrected chi connectivity index (χ1v) is 7.82. The number of anilines is 1. The number of para-hydroxylation sites is 1. The number of carboxylic acid groups (broad SMARTS) is 1. The second kappa shape index (κ2) is 8.23. The Kier molecular flexibility index (Phi) is 6.01. The van der Waals surface area contributed by atoms with Crippen molar-refractivity contribution in [2.24, 2.45) is 0 Å². The van der Waals surface area contributed by atoms with Crippen LogP contribution in [-0.4, -0.2) is 17.1 Å². The molecule has 0 saturated heterocycles. The van der Waals surface area contributed by atoms with Crippen molar-refractivity contribution in [3.05, 3.63) is 65.7 Å². The van der Waals surface area contributed by atoms with Crippen LogP contribution in [0.2, 0.25) is 0 Å². The maximum absolute atomic E-state index is 11.4. The molecule has 0 aliphatic heterocycles. The fraction of sp³-hybridized carbons (Fsp3) is 0.316. The fourth-order valence-corrected chi connectivity index (χ4v) is 2.48. The number of hydrogen-bond donors (Lipinski definition) is 2. The van der Waals surface area contributed by atoms with Crippen LogP contribution in [0.5, 0.6) is 0 Å². The third-order valence-electron chi connectivity index (χ3n) is 3.73. The maximum Gasteiger partial charge on any atom is 0.326 e. The molecule has 0 spiro atoms. The topological polar surface area (TPSA) is 49.3 Å². The number of benzene rings is 2. The molecule has 2 aromatic carbocycles. The van der Waals surface area contributed by atoms with Gasteiger partial charge in [0.25, 0.3) is 0 Å². The van der Waals surface area contributed by atoms with E-state index in [9.17, 15) is 9.90 Å². The SMILES string of the molecule is CCCCC(Nc1ccccc1Cc1ccccc1)C(=O)O. The van der Waals surface area contributed by atoms with E-state index in [2.05, 4.69) is 24.4 Å². The highest BCUT2D eigenvalue weighted by molar-refractivity contribution is 5.77. The predicted molar refractivity (Wildman–Crippen MR) is 90.3 cm³/mol. The van der Waals surface area contributed by atoms with E-state index in [1.165, 1.54) is 5.56 Å². The zero-order chi connectivity index (χ0) is 15.8. The van der Waals surface area contributed by atoms with Gasteiger partial charge >= 0.3 is 5.97 Å². The van der Waals surface area contributed by atoms with E-state index in [0.717, 1.165) is 30.5 Å². The van der Waals surface area contributed by atoms with E-state index in [1.807, 2.05) is 42.5 Å². The minimum Gasteiger partial charge on any atom is -0.480 e. The standard InChI is InChI=1S/C19H23NO2/c1-2-3-12-18(19(21)22)20-17-13-8-7-11-16(17)14-15-9-5-4-6-10-15/h4-11,13,18,20H,2-3,12,14H2,1H3,(H,21,22). The average molecular weight is 297 g/mol. The van der Waals surface area contributed by atoms with Crippen molar-refractivity contribution in [3.63, 3.8) is 0 Å². The minimum atomic E-state index is -0.789. The molecule has 2 rings (SSSR count). The summed E-state index contributed by atoms with van der Waals surface area (Å²) in [5.41, 5.74) is 3.25. The van der Waals surface area contributed by atoms with Gasteiger partial charge in [0.2, 0.25) is 0 Å². The van der Waals surface area contributed by atoms with Gasteiger partial charge in [0.05, 0.1) is 0 Å². The molecule has 22 heavy (non-hydrogen) atoms. The van der Waals surface area contributed by atoms with Gasteiger partial charge in [-0.1, -0.05) is 68.3 Å². The third kappa shape index (κ3) is 4.62. The molecular formula is C19H23NO2. The van der Waals surface area contributed by atoms with Crippen LogP contribution in [0.15, 0.2) is 54.6 Å². The van der Waals surface area contributed by atoms with Crippen LogP contribution in [-0.2, 0) is 11.2 Å². The van der Waals surface area contributed by atoms with Crippen molar-refractivity contribution in [3.8, 4) is 0 Å². The zero-order valence-electron chi connectivity index (χ0n) is 13.0. The summed E-state index contributed by atoms with van der Waals surface area (Å²) >= 11 is 0. The number of carbonyl (C=O) groups is 1. The highest BCUT2D eigenvalue weighted by Crippen LogP contribution is 2.21. The minimum absolute atomic E-state index is 0.531. The lowest BCUT2D eigenvalue weighted by molar-refractivity contribution is -0.138. The van der Waals surface area contributed by atoms with E-state index in [1.54, 1.807) is 0 Å². The molecule has 1 atom stereocenters. The lowest BCUT2D eigenvalue weighted by Crippen LogP contribution is -2.29. The Morgan fingerprint density at radius 1 is 1.09 bits per heavy atom. The van der Waals surface area contributed by atoms with Crippen molar-refractivity contribution in [2.75, 3.05) is 5.32 Å². The molecule has 0 fully saturated rings. The number of unbranched alkanes of at least 4 members (excludes halogenated alkanes) is 1. The number of nitrogens with one attached hydrogen (secondary N) is 1. The van der Waals surface area contributed by atoms with E-state index in [0.29, 0.717) is 6.42 Å². The van der Waals surface area contributed by atoms with Gasteiger partial charge < -0.3 is 10.4 Å². The molecule has 1 unspecified atom stereocenters. The number of carboxylic acids is 1. The van der Waals surface area contributed by atoms with Crippen LogP contribution < -0.4 is 5.32 Å². The molecule has 0 heterocycles. The quantitative estimate of drug-likeness (QED) is 0.762.